The molecule has 7 nitrogen and oxygen atoms in total. The number of methoxy groups -OCH3 is 1. The topological polar surface area (TPSA) is 71.7 Å². The van der Waals surface area contributed by atoms with Crippen molar-refractivity contribution in [2.75, 3.05) is 25.1 Å². The molecule has 0 aliphatic rings. The Morgan fingerprint density at radius 2 is 1.81 bits per heavy atom. The molecule has 0 saturated carbocycles. The molecule has 0 spiro atoms. The van der Waals surface area contributed by atoms with Crippen LogP contribution in [-0.4, -0.2) is 41.3 Å². The van der Waals surface area contributed by atoms with Crippen molar-refractivity contribution in [2.45, 2.75) is 33.2 Å². The van der Waals surface area contributed by atoms with Gasteiger partial charge in [-0.2, -0.15) is 8.78 Å². The second-order valence-corrected chi connectivity index (χ2v) is 7.06. The minimum absolute atomic E-state index is 0.0182. The molecule has 1 aromatic heterocycles. The zero-order chi connectivity index (χ0) is 23.1. The molecule has 3 aromatic rings. The van der Waals surface area contributed by atoms with Crippen LogP contribution < -0.4 is 9.64 Å². The SMILES string of the molecule is CCCN(CC)C(=O)N(Cc1ccc(-c2nnc(C(F)F)o2)cc1)c1ccccc1OC. The summed E-state index contributed by atoms with van der Waals surface area (Å²) in [5.74, 6) is -0.104. The van der Waals surface area contributed by atoms with Gasteiger partial charge in [-0.15, -0.1) is 10.2 Å². The number of benzene rings is 2. The Morgan fingerprint density at radius 1 is 1.09 bits per heavy atom. The Bertz CT molecular complexity index is 1020. The van der Waals surface area contributed by atoms with Gasteiger partial charge in [0.2, 0.25) is 5.89 Å². The normalized spacial score (nSPS) is 10.9. The van der Waals surface area contributed by atoms with Gasteiger partial charge in [-0.25, -0.2) is 4.79 Å². The van der Waals surface area contributed by atoms with Gasteiger partial charge < -0.3 is 14.1 Å². The first-order chi connectivity index (χ1) is 15.5. The minimum Gasteiger partial charge on any atom is -0.495 e. The fourth-order valence-electron chi connectivity index (χ4n) is 3.31. The third kappa shape index (κ3) is 5.22. The maximum atomic E-state index is 13.4. The summed E-state index contributed by atoms with van der Waals surface area (Å²) in [5, 5.41) is 7.02. The molecule has 9 heteroatoms. The fraction of sp³-hybridized carbons (Fsp3) is 0.348. The summed E-state index contributed by atoms with van der Waals surface area (Å²) in [6.07, 6.45) is -1.97. The number of halogens is 2. The van der Waals surface area contributed by atoms with Crippen LogP contribution in [0.3, 0.4) is 0 Å². The lowest BCUT2D eigenvalue weighted by atomic mass is 10.1. The third-order valence-corrected chi connectivity index (χ3v) is 4.92. The number of amides is 2. The first-order valence-electron chi connectivity index (χ1n) is 10.4. The van der Waals surface area contributed by atoms with Crippen molar-refractivity contribution in [3.63, 3.8) is 0 Å². The van der Waals surface area contributed by atoms with Crippen molar-refractivity contribution in [3.8, 4) is 17.2 Å². The molecule has 0 unspecified atom stereocenters. The smallest absolute Gasteiger partial charge is 0.324 e. The van der Waals surface area contributed by atoms with Gasteiger partial charge in [-0.05, 0) is 43.2 Å². The Kier molecular flexibility index (Phi) is 7.75. The van der Waals surface area contributed by atoms with E-state index in [9.17, 15) is 13.6 Å². The van der Waals surface area contributed by atoms with Crippen LogP contribution in [0.1, 0.15) is 38.1 Å². The second kappa shape index (κ2) is 10.7. The van der Waals surface area contributed by atoms with Crippen LogP contribution >= 0.6 is 0 Å². The zero-order valence-electron chi connectivity index (χ0n) is 18.3. The van der Waals surface area contributed by atoms with Crippen molar-refractivity contribution in [1.82, 2.24) is 15.1 Å². The van der Waals surface area contributed by atoms with Gasteiger partial charge in [0.25, 0.3) is 5.89 Å². The van der Waals surface area contributed by atoms with Gasteiger partial charge in [-0.3, -0.25) is 4.90 Å². The monoisotopic (exact) mass is 444 g/mol. The highest BCUT2D eigenvalue weighted by Gasteiger charge is 2.24. The number of hydrogen-bond donors (Lipinski definition) is 0. The van der Waals surface area contributed by atoms with Gasteiger partial charge in [0.05, 0.1) is 19.3 Å². The van der Waals surface area contributed by atoms with Gasteiger partial charge in [0, 0.05) is 18.7 Å². The van der Waals surface area contributed by atoms with E-state index in [1.54, 1.807) is 41.2 Å². The van der Waals surface area contributed by atoms with E-state index < -0.39 is 12.3 Å². The lowest BCUT2D eigenvalue weighted by Gasteiger charge is -2.31. The first kappa shape index (κ1) is 23.2. The first-order valence-corrected chi connectivity index (χ1v) is 10.4. The number of rotatable bonds is 9. The van der Waals surface area contributed by atoms with Crippen LogP contribution in [0.25, 0.3) is 11.5 Å². The zero-order valence-corrected chi connectivity index (χ0v) is 18.3. The molecule has 0 saturated heterocycles. The molecule has 0 atom stereocenters. The van der Waals surface area contributed by atoms with Gasteiger partial charge in [0.15, 0.2) is 0 Å². The molecule has 3 rings (SSSR count). The summed E-state index contributed by atoms with van der Waals surface area (Å²) in [5.41, 5.74) is 2.02. The lowest BCUT2D eigenvalue weighted by Crippen LogP contribution is -2.43. The van der Waals surface area contributed by atoms with Crippen LogP contribution in [-0.2, 0) is 6.54 Å². The molecule has 0 radical (unpaired) electrons. The van der Waals surface area contributed by atoms with Crippen molar-refractivity contribution < 1.29 is 22.7 Å². The molecule has 2 aromatic carbocycles. The standard InChI is InChI=1S/C23H26F2N4O3/c1-4-14-28(5-2)23(30)29(18-8-6-7-9-19(18)31-3)15-16-10-12-17(13-11-16)21-26-27-22(32-21)20(24)25/h6-13,20H,4-5,14-15H2,1-3H3. The van der Waals surface area contributed by atoms with E-state index in [2.05, 4.69) is 10.2 Å². The average Bonchev–Trinajstić information content (AvgIpc) is 3.32. The number of ether oxygens (including phenoxy) is 1. The van der Waals surface area contributed by atoms with E-state index in [0.717, 1.165) is 12.0 Å². The molecule has 1 heterocycles. The molecular weight excluding hydrogens is 418 g/mol. The number of alkyl halides is 2. The number of nitrogens with zero attached hydrogens (tertiary/aromatic N) is 4. The highest BCUT2D eigenvalue weighted by molar-refractivity contribution is 5.93. The summed E-state index contributed by atoms with van der Waals surface area (Å²) in [6, 6.07) is 14.2. The van der Waals surface area contributed by atoms with Crippen LogP contribution in [0, 0.1) is 0 Å². The summed E-state index contributed by atoms with van der Waals surface area (Å²) in [6.45, 7) is 5.50. The third-order valence-electron chi connectivity index (χ3n) is 4.92. The number of urea groups is 1. The van der Waals surface area contributed by atoms with Gasteiger partial charge in [0.1, 0.15) is 5.75 Å². The predicted molar refractivity (Wildman–Crippen MR) is 117 cm³/mol. The molecule has 2 amide bonds. The highest BCUT2D eigenvalue weighted by atomic mass is 19.3. The van der Waals surface area contributed by atoms with Crippen LogP contribution in [0.4, 0.5) is 19.3 Å². The van der Waals surface area contributed by atoms with E-state index in [0.29, 0.717) is 36.6 Å². The van der Waals surface area contributed by atoms with Gasteiger partial charge in [-0.1, -0.05) is 31.2 Å². The van der Waals surface area contributed by atoms with Crippen LogP contribution in [0.15, 0.2) is 52.9 Å². The van der Waals surface area contributed by atoms with E-state index in [1.165, 1.54) is 0 Å². The number of hydrogen-bond acceptors (Lipinski definition) is 5. The molecule has 0 aliphatic carbocycles. The molecule has 0 bridgehead atoms. The second-order valence-electron chi connectivity index (χ2n) is 7.06. The Hall–Kier alpha value is -3.49. The van der Waals surface area contributed by atoms with E-state index >= 15 is 0 Å². The maximum Gasteiger partial charge on any atom is 0.324 e. The van der Waals surface area contributed by atoms with E-state index in [4.69, 9.17) is 9.15 Å². The van der Waals surface area contributed by atoms with Crippen LogP contribution in [0.2, 0.25) is 0 Å². The largest absolute Gasteiger partial charge is 0.495 e. The molecule has 0 fully saturated rings. The number of para-hydroxylation sites is 2. The molecule has 0 aliphatic heterocycles. The number of anilines is 1. The van der Waals surface area contributed by atoms with Crippen LogP contribution in [0.5, 0.6) is 5.75 Å². The highest BCUT2D eigenvalue weighted by Crippen LogP contribution is 2.30. The van der Waals surface area contributed by atoms with Crippen molar-refractivity contribution >= 4 is 11.7 Å². The molecule has 32 heavy (non-hydrogen) atoms. The van der Waals surface area contributed by atoms with E-state index in [-0.39, 0.29) is 11.9 Å². The van der Waals surface area contributed by atoms with Gasteiger partial charge >= 0.3 is 12.5 Å². The minimum atomic E-state index is -2.82. The van der Waals surface area contributed by atoms with Crippen molar-refractivity contribution in [3.05, 3.63) is 60.0 Å². The number of carbonyl (C=O) groups is 1. The molecular formula is C23H26F2N4O3. The average molecular weight is 444 g/mol. The maximum absolute atomic E-state index is 13.4. The quantitative estimate of drug-likeness (QED) is 0.433. The fourth-order valence-corrected chi connectivity index (χ4v) is 3.31. The summed E-state index contributed by atoms with van der Waals surface area (Å²) < 4.78 is 35.9. The predicted octanol–water partition coefficient (Wildman–Crippen LogP) is 5.54. The number of aromatic nitrogens is 2. The Balaban J connectivity index is 1.89. The Labute approximate surface area is 185 Å². The molecule has 0 N–H and O–H groups in total. The van der Waals surface area contributed by atoms with E-state index in [1.807, 2.05) is 38.1 Å². The van der Waals surface area contributed by atoms with Crippen molar-refractivity contribution in [2.24, 2.45) is 0 Å². The molecule has 170 valence electrons. The lowest BCUT2D eigenvalue weighted by molar-refractivity contribution is 0.116. The van der Waals surface area contributed by atoms with Crippen molar-refractivity contribution in [1.29, 1.82) is 0 Å². The summed E-state index contributed by atoms with van der Waals surface area (Å²) in [7, 11) is 1.57. The summed E-state index contributed by atoms with van der Waals surface area (Å²) >= 11 is 0. The summed E-state index contributed by atoms with van der Waals surface area (Å²) in [4.78, 5) is 16.8. The number of carbonyl (C=O) groups excluding carboxylic acids is 1. The Morgan fingerprint density at radius 3 is 2.41 bits per heavy atom.